The molecule has 25 heavy (non-hydrogen) atoms. The highest BCUT2D eigenvalue weighted by Gasteiger charge is 2.54. The molecule has 1 saturated heterocycles. The van der Waals surface area contributed by atoms with Gasteiger partial charge in [-0.1, -0.05) is 6.07 Å². The topological polar surface area (TPSA) is 106 Å². The molecular weight excluding hydrogens is 344 g/mol. The van der Waals surface area contributed by atoms with Crippen LogP contribution in [0.1, 0.15) is 24.3 Å². The van der Waals surface area contributed by atoms with Crippen molar-refractivity contribution in [2.75, 3.05) is 19.7 Å². The predicted molar refractivity (Wildman–Crippen MR) is 88.2 cm³/mol. The third-order valence-electron chi connectivity index (χ3n) is 4.52. The van der Waals surface area contributed by atoms with Crippen LogP contribution in [0.3, 0.4) is 0 Å². The van der Waals surface area contributed by atoms with Crippen LogP contribution in [0.5, 0.6) is 0 Å². The number of nitrogens with two attached hydrogens (primary N) is 1. The largest absolute Gasteiger partial charge is 0.501 e. The molecule has 4 rings (SSSR count). The second-order valence-corrected chi connectivity index (χ2v) is 7.20. The molecule has 130 valence electrons. The number of rotatable bonds is 4. The van der Waals surface area contributed by atoms with E-state index in [-0.39, 0.29) is 25.1 Å². The average molecular weight is 361 g/mol. The van der Waals surface area contributed by atoms with Gasteiger partial charge < -0.3 is 10.5 Å². The minimum Gasteiger partial charge on any atom is -0.374 e. The van der Waals surface area contributed by atoms with E-state index in [1.807, 2.05) is 6.07 Å². The van der Waals surface area contributed by atoms with Gasteiger partial charge in [-0.25, -0.2) is 9.78 Å². The van der Waals surface area contributed by atoms with Gasteiger partial charge in [-0.2, -0.15) is 14.3 Å². The van der Waals surface area contributed by atoms with Crippen LogP contribution in [0.25, 0.3) is 0 Å². The molecule has 3 aliphatic heterocycles. The smallest absolute Gasteiger partial charge is 0.374 e. The number of imide groups is 1. The molecule has 0 radical (unpaired) electrons. The predicted octanol–water partition coefficient (Wildman–Crippen LogP) is 0.308. The number of amides is 4. The summed E-state index contributed by atoms with van der Waals surface area (Å²) in [5.74, 6) is -1.54. The number of nitrogens with zero attached hydrogens (tertiary/aromatic N) is 3. The van der Waals surface area contributed by atoms with E-state index < -0.39 is 17.9 Å². The van der Waals surface area contributed by atoms with E-state index in [0.29, 0.717) is 16.7 Å². The first kappa shape index (κ1) is 16.2. The number of pyridine rings is 1. The zero-order valence-corrected chi connectivity index (χ0v) is 14.2. The van der Waals surface area contributed by atoms with Gasteiger partial charge >= 0.3 is 11.9 Å². The summed E-state index contributed by atoms with van der Waals surface area (Å²) in [6.07, 6.45) is 3.20. The Hall–Kier alpha value is -2.26. The lowest BCUT2D eigenvalue weighted by atomic mass is 9.98. The van der Waals surface area contributed by atoms with E-state index in [9.17, 15) is 14.4 Å². The number of ether oxygens (including phenoxy) is 1. The van der Waals surface area contributed by atoms with E-state index in [1.165, 1.54) is 21.2 Å². The molecule has 0 aromatic carbocycles. The first-order valence-electron chi connectivity index (χ1n) is 8.08. The fraction of sp³-hybridized carbons (Fsp3) is 0.438. The summed E-state index contributed by atoms with van der Waals surface area (Å²) >= 11 is 1.25. The molecule has 2 atom stereocenters. The Morgan fingerprint density at radius 3 is 3.04 bits per heavy atom. The van der Waals surface area contributed by atoms with E-state index in [4.69, 9.17) is 10.5 Å². The molecule has 1 fully saturated rings. The number of hydrogen-bond acceptors (Lipinski definition) is 6. The van der Waals surface area contributed by atoms with Gasteiger partial charge in [0, 0.05) is 18.4 Å². The SMILES string of the molecule is NC(=O)C[N+]1=C2Sc3ncccc3C2C(=O)N(CC2CCCO2)C1=O. The van der Waals surface area contributed by atoms with Gasteiger partial charge in [-0.3, -0.25) is 4.79 Å². The van der Waals surface area contributed by atoms with Crippen molar-refractivity contribution in [2.24, 2.45) is 5.73 Å². The zero-order chi connectivity index (χ0) is 17.6. The molecule has 1 aromatic heterocycles. The molecule has 1 aromatic rings. The summed E-state index contributed by atoms with van der Waals surface area (Å²) in [5.41, 5.74) is 6.07. The van der Waals surface area contributed by atoms with E-state index in [1.54, 1.807) is 12.3 Å². The summed E-state index contributed by atoms with van der Waals surface area (Å²) < 4.78 is 6.87. The van der Waals surface area contributed by atoms with Crippen LogP contribution >= 0.6 is 11.8 Å². The van der Waals surface area contributed by atoms with Crippen LogP contribution in [-0.2, 0) is 14.3 Å². The van der Waals surface area contributed by atoms with E-state index >= 15 is 0 Å². The Morgan fingerprint density at radius 1 is 1.48 bits per heavy atom. The molecule has 8 nitrogen and oxygen atoms in total. The number of hydrogen-bond donors (Lipinski definition) is 1. The summed E-state index contributed by atoms with van der Waals surface area (Å²) in [4.78, 5) is 42.8. The van der Waals surface area contributed by atoms with Crippen LogP contribution in [0.4, 0.5) is 4.79 Å². The number of carbonyl (C=O) groups is 3. The van der Waals surface area contributed by atoms with Crippen LogP contribution in [0, 0.1) is 0 Å². The number of thioether (sulfide) groups is 1. The van der Waals surface area contributed by atoms with Crippen molar-refractivity contribution in [3.8, 4) is 0 Å². The van der Waals surface area contributed by atoms with Gasteiger partial charge in [-0.15, -0.1) is 0 Å². The lowest BCUT2D eigenvalue weighted by molar-refractivity contribution is -0.425. The van der Waals surface area contributed by atoms with E-state index in [0.717, 1.165) is 18.4 Å². The van der Waals surface area contributed by atoms with Gasteiger partial charge in [0.1, 0.15) is 11.6 Å². The van der Waals surface area contributed by atoms with Crippen LogP contribution in [0.15, 0.2) is 23.4 Å². The fourth-order valence-corrected chi connectivity index (χ4v) is 4.61. The first-order chi connectivity index (χ1) is 12.1. The fourth-order valence-electron chi connectivity index (χ4n) is 3.40. The molecular formula is C16H17N4O4S+. The molecule has 4 heterocycles. The highest BCUT2D eigenvalue weighted by Crippen LogP contribution is 2.43. The van der Waals surface area contributed by atoms with Gasteiger partial charge in [0.2, 0.25) is 0 Å². The third kappa shape index (κ3) is 2.73. The molecule has 3 aliphatic rings. The number of fused-ring (bicyclic) bond motifs is 3. The van der Waals surface area contributed by atoms with Gasteiger partial charge in [0.15, 0.2) is 17.5 Å². The first-order valence-corrected chi connectivity index (χ1v) is 8.90. The maximum atomic E-state index is 13.0. The minimum atomic E-state index is -0.629. The van der Waals surface area contributed by atoms with Crippen molar-refractivity contribution < 1.29 is 23.7 Å². The second kappa shape index (κ2) is 6.23. The monoisotopic (exact) mass is 361 g/mol. The number of urea groups is 1. The second-order valence-electron chi connectivity index (χ2n) is 6.19. The molecule has 0 spiro atoms. The Balaban J connectivity index is 1.76. The standard InChI is InChI=1S/C16H16N4O4S/c17-11(21)8-20-15-12(10-4-1-5-18-13(10)25-15)14(22)19(16(20)23)7-9-3-2-6-24-9/h1,4-5,9,12H,2-3,6-8H2,(H-,17,21)/p+1. The van der Waals surface area contributed by atoms with Crippen molar-refractivity contribution >= 4 is 34.7 Å². The quantitative estimate of drug-likeness (QED) is 0.774. The van der Waals surface area contributed by atoms with Crippen molar-refractivity contribution in [3.63, 3.8) is 0 Å². The lowest BCUT2D eigenvalue weighted by Crippen LogP contribution is -2.55. The number of carbonyl (C=O) groups excluding carboxylic acids is 3. The van der Waals surface area contributed by atoms with Gasteiger partial charge in [0.05, 0.1) is 6.10 Å². The molecule has 2 N–H and O–H groups in total. The summed E-state index contributed by atoms with van der Waals surface area (Å²) in [5, 5.41) is 1.18. The van der Waals surface area contributed by atoms with Gasteiger partial charge in [-0.05, 0) is 30.7 Å². The molecule has 0 bridgehead atoms. The molecule has 9 heteroatoms. The Labute approximate surface area is 148 Å². The van der Waals surface area contributed by atoms with Crippen molar-refractivity contribution in [3.05, 3.63) is 23.9 Å². The summed E-state index contributed by atoms with van der Waals surface area (Å²) in [6.45, 7) is 0.563. The number of aromatic nitrogens is 1. The molecule has 2 unspecified atom stereocenters. The minimum absolute atomic E-state index is 0.160. The van der Waals surface area contributed by atoms with Crippen molar-refractivity contribution in [2.45, 2.75) is 29.9 Å². The molecule has 0 saturated carbocycles. The Kier molecular flexibility index (Phi) is 4.04. The molecule has 0 aliphatic carbocycles. The van der Waals surface area contributed by atoms with Crippen LogP contribution in [-0.4, -0.2) is 63.1 Å². The maximum absolute atomic E-state index is 13.0. The summed E-state index contributed by atoms with van der Waals surface area (Å²) in [6, 6.07) is 3.06. The zero-order valence-electron chi connectivity index (χ0n) is 13.4. The summed E-state index contributed by atoms with van der Waals surface area (Å²) in [7, 11) is 0. The highest BCUT2D eigenvalue weighted by molar-refractivity contribution is 8.14. The Morgan fingerprint density at radius 2 is 2.32 bits per heavy atom. The maximum Gasteiger partial charge on any atom is 0.501 e. The van der Waals surface area contributed by atoms with Crippen LogP contribution in [0.2, 0.25) is 0 Å². The normalized spacial score (nSPS) is 25.4. The third-order valence-corrected chi connectivity index (χ3v) is 5.72. The van der Waals surface area contributed by atoms with Crippen molar-refractivity contribution in [1.82, 2.24) is 9.88 Å². The average Bonchev–Trinajstić information content (AvgIpc) is 3.22. The van der Waals surface area contributed by atoms with Crippen LogP contribution < -0.4 is 5.73 Å². The lowest BCUT2D eigenvalue weighted by Gasteiger charge is -2.25. The number of primary amides is 1. The Bertz CT molecular complexity index is 803. The van der Waals surface area contributed by atoms with E-state index in [2.05, 4.69) is 4.98 Å². The molecule has 4 amide bonds. The van der Waals surface area contributed by atoms with Gasteiger partial charge in [0.25, 0.3) is 5.91 Å². The highest BCUT2D eigenvalue weighted by atomic mass is 32.2. The van der Waals surface area contributed by atoms with Crippen molar-refractivity contribution in [1.29, 1.82) is 0 Å².